The van der Waals surface area contributed by atoms with Crippen molar-refractivity contribution in [2.75, 3.05) is 18.5 Å². The van der Waals surface area contributed by atoms with E-state index in [1.807, 2.05) is 43.3 Å². The van der Waals surface area contributed by atoms with Gasteiger partial charge in [-0.3, -0.25) is 9.50 Å². The maximum Gasteiger partial charge on any atom is 0.413 e. The van der Waals surface area contributed by atoms with Crippen LogP contribution in [0.2, 0.25) is 18.1 Å². The minimum Gasteiger partial charge on any atom is -0.491 e. The predicted molar refractivity (Wildman–Crippen MR) is 187 cm³/mol. The Morgan fingerprint density at radius 2 is 1.62 bits per heavy atom. The number of benzene rings is 2. The second kappa shape index (κ2) is 14.1. The lowest BCUT2D eigenvalue weighted by atomic mass is 10.1. The maximum absolute atomic E-state index is 12.9. The summed E-state index contributed by atoms with van der Waals surface area (Å²) in [6, 6.07) is 19.5. The molecule has 0 aliphatic rings. The highest BCUT2D eigenvalue weighted by molar-refractivity contribution is 7.86. The third kappa shape index (κ3) is 10.1. The van der Waals surface area contributed by atoms with Crippen LogP contribution in [0.4, 0.5) is 10.6 Å². The molecule has 0 saturated carbocycles. The normalized spacial score (nSPS) is 13.3. The van der Waals surface area contributed by atoms with Gasteiger partial charge < -0.3 is 13.9 Å². The lowest BCUT2D eigenvalue weighted by molar-refractivity contribution is 0.0635. The number of amides is 1. The first kappa shape index (κ1) is 36.0. The third-order valence-electron chi connectivity index (χ3n) is 7.77. The number of aromatic nitrogens is 2. The molecule has 252 valence electrons. The highest BCUT2D eigenvalue weighted by Gasteiger charge is 2.39. The molecule has 1 N–H and O–H groups in total. The van der Waals surface area contributed by atoms with Crippen LogP contribution in [-0.4, -0.2) is 57.7 Å². The molecule has 0 saturated heterocycles. The summed E-state index contributed by atoms with van der Waals surface area (Å²) in [5.41, 5.74) is 2.61. The van der Waals surface area contributed by atoms with Crippen molar-refractivity contribution in [3.8, 4) is 17.0 Å². The van der Waals surface area contributed by atoms with Gasteiger partial charge in [0.1, 0.15) is 29.9 Å². The SMILES string of the molecule is Cc1ccc(S(=O)(=O)OCC(COc2ccc3nc(-c4ccc(NC(=O)OC(C)(C)C)nc4)ccc3c2)O[Si](C)(C)C(C)(C)C)cc1. The quantitative estimate of drug-likeness (QED) is 0.124. The maximum atomic E-state index is 12.9. The fourth-order valence-electron chi connectivity index (χ4n) is 4.22. The van der Waals surface area contributed by atoms with Crippen molar-refractivity contribution < 1.29 is 31.3 Å². The van der Waals surface area contributed by atoms with E-state index in [9.17, 15) is 13.2 Å². The fourth-order valence-corrected chi connectivity index (χ4v) is 6.48. The second-order valence-corrected chi connectivity index (χ2v) is 20.3. The van der Waals surface area contributed by atoms with Gasteiger partial charge in [-0.05, 0) is 94.4 Å². The molecule has 10 nitrogen and oxygen atoms in total. The topological polar surface area (TPSA) is 126 Å². The lowest BCUT2D eigenvalue weighted by Crippen LogP contribution is -2.46. The molecule has 1 unspecified atom stereocenters. The van der Waals surface area contributed by atoms with Gasteiger partial charge in [0.25, 0.3) is 10.1 Å². The number of carbonyl (C=O) groups excluding carboxylic acids is 1. The summed E-state index contributed by atoms with van der Waals surface area (Å²) in [6.07, 6.45) is 0.451. The summed E-state index contributed by atoms with van der Waals surface area (Å²) < 4.78 is 49.3. The molecular weight excluding hydrogens is 635 g/mol. The van der Waals surface area contributed by atoms with Crippen molar-refractivity contribution in [2.45, 2.75) is 83.2 Å². The Balaban J connectivity index is 1.45. The van der Waals surface area contributed by atoms with E-state index in [4.69, 9.17) is 23.1 Å². The van der Waals surface area contributed by atoms with Gasteiger partial charge in [0.15, 0.2) is 8.32 Å². The summed E-state index contributed by atoms with van der Waals surface area (Å²) in [5.74, 6) is 0.969. The zero-order valence-electron chi connectivity index (χ0n) is 28.6. The standard InChI is InChI=1S/C35H45N3O7SSi/c1-24-10-15-29(16-11-24)46(40,41)43-23-28(45-47(8,9)35(5,6)7)22-42-27-14-18-30-25(20-27)12-17-31(37-30)26-13-19-32(36-21-26)38-33(39)44-34(2,3)4/h10-21,28H,22-23H2,1-9H3,(H,36,38,39). The molecule has 4 rings (SSSR count). The average molecular weight is 680 g/mol. The van der Waals surface area contributed by atoms with Crippen LogP contribution in [0.1, 0.15) is 47.1 Å². The van der Waals surface area contributed by atoms with Crippen LogP contribution in [0.25, 0.3) is 22.2 Å². The number of ether oxygens (including phenoxy) is 2. The summed E-state index contributed by atoms with van der Waals surface area (Å²) in [5, 5.41) is 3.39. The Morgan fingerprint density at radius 1 is 0.915 bits per heavy atom. The third-order valence-corrected chi connectivity index (χ3v) is 13.6. The monoisotopic (exact) mass is 679 g/mol. The molecule has 0 radical (unpaired) electrons. The van der Waals surface area contributed by atoms with Gasteiger partial charge in [-0.2, -0.15) is 8.42 Å². The van der Waals surface area contributed by atoms with Gasteiger partial charge in [0, 0.05) is 17.1 Å². The molecule has 0 spiro atoms. The molecule has 0 aliphatic carbocycles. The fraction of sp³-hybridized carbons (Fsp3) is 0.400. The summed E-state index contributed by atoms with van der Waals surface area (Å²) >= 11 is 0. The van der Waals surface area contributed by atoms with Crippen molar-refractivity contribution in [1.29, 1.82) is 0 Å². The molecule has 0 bridgehead atoms. The average Bonchev–Trinajstić information content (AvgIpc) is 2.97. The molecule has 2 aromatic heterocycles. The zero-order chi connectivity index (χ0) is 34.6. The zero-order valence-corrected chi connectivity index (χ0v) is 30.4. The number of aryl methyl sites for hydroxylation is 1. The van der Waals surface area contributed by atoms with E-state index >= 15 is 0 Å². The number of nitrogens with one attached hydrogen (secondary N) is 1. The van der Waals surface area contributed by atoms with Crippen LogP contribution in [0.3, 0.4) is 0 Å². The van der Waals surface area contributed by atoms with Gasteiger partial charge in [-0.25, -0.2) is 14.8 Å². The number of hydrogen-bond donors (Lipinski definition) is 1. The minimum absolute atomic E-state index is 0.0979. The number of carbonyl (C=O) groups is 1. The first-order chi connectivity index (χ1) is 21.8. The number of pyridine rings is 2. The molecule has 0 fully saturated rings. The van der Waals surface area contributed by atoms with E-state index < -0.39 is 36.2 Å². The highest BCUT2D eigenvalue weighted by atomic mass is 32.2. The highest BCUT2D eigenvalue weighted by Crippen LogP contribution is 2.37. The number of anilines is 1. The molecule has 4 aromatic rings. The summed E-state index contributed by atoms with van der Waals surface area (Å²) in [6.45, 7) is 17.8. The van der Waals surface area contributed by atoms with Crippen molar-refractivity contribution in [2.24, 2.45) is 0 Å². The Morgan fingerprint density at radius 3 is 2.23 bits per heavy atom. The molecule has 0 aliphatic heterocycles. The van der Waals surface area contributed by atoms with Gasteiger partial charge in [-0.15, -0.1) is 0 Å². The molecule has 1 atom stereocenters. The van der Waals surface area contributed by atoms with E-state index in [2.05, 4.69) is 44.2 Å². The molecular formula is C35H45N3O7SSi. The number of fused-ring (bicyclic) bond motifs is 1. The van der Waals surface area contributed by atoms with Gasteiger partial charge >= 0.3 is 6.09 Å². The van der Waals surface area contributed by atoms with Gasteiger partial charge in [0.2, 0.25) is 0 Å². The Kier molecular flexibility index (Phi) is 10.8. The van der Waals surface area contributed by atoms with Crippen molar-refractivity contribution in [3.05, 3.63) is 78.5 Å². The lowest BCUT2D eigenvalue weighted by Gasteiger charge is -2.39. The Hall–Kier alpha value is -3.84. The first-order valence-corrected chi connectivity index (χ1v) is 19.8. The van der Waals surface area contributed by atoms with Crippen LogP contribution >= 0.6 is 0 Å². The number of rotatable bonds is 11. The van der Waals surface area contributed by atoms with E-state index in [1.54, 1.807) is 45.2 Å². The molecule has 2 aromatic carbocycles. The molecule has 1 amide bonds. The Bertz CT molecular complexity index is 1800. The smallest absolute Gasteiger partial charge is 0.413 e. The van der Waals surface area contributed by atoms with Crippen LogP contribution in [0.15, 0.2) is 77.8 Å². The second-order valence-electron chi connectivity index (χ2n) is 14.0. The van der Waals surface area contributed by atoms with E-state index in [0.717, 1.165) is 27.7 Å². The predicted octanol–water partition coefficient (Wildman–Crippen LogP) is 8.13. The van der Waals surface area contributed by atoms with Crippen LogP contribution in [-0.2, 0) is 23.5 Å². The minimum atomic E-state index is -3.97. The van der Waals surface area contributed by atoms with Crippen LogP contribution < -0.4 is 10.1 Å². The number of nitrogens with zero attached hydrogens (tertiary/aromatic N) is 2. The molecule has 47 heavy (non-hydrogen) atoms. The van der Waals surface area contributed by atoms with Gasteiger partial charge in [0.05, 0.1) is 22.7 Å². The molecule has 2 heterocycles. The largest absolute Gasteiger partial charge is 0.491 e. The van der Waals surface area contributed by atoms with E-state index in [1.165, 1.54) is 12.1 Å². The van der Waals surface area contributed by atoms with E-state index in [0.29, 0.717) is 11.6 Å². The first-order valence-electron chi connectivity index (χ1n) is 15.5. The van der Waals surface area contributed by atoms with Crippen molar-refractivity contribution in [1.82, 2.24) is 9.97 Å². The number of hydrogen-bond acceptors (Lipinski definition) is 9. The summed E-state index contributed by atoms with van der Waals surface area (Å²) in [4.78, 5) is 21.2. The van der Waals surface area contributed by atoms with Crippen molar-refractivity contribution >= 4 is 41.2 Å². The van der Waals surface area contributed by atoms with Crippen LogP contribution in [0.5, 0.6) is 5.75 Å². The molecule has 12 heteroatoms. The van der Waals surface area contributed by atoms with Crippen LogP contribution in [0, 0.1) is 6.92 Å². The van der Waals surface area contributed by atoms with Crippen molar-refractivity contribution in [3.63, 3.8) is 0 Å². The Labute approximate surface area is 279 Å². The summed E-state index contributed by atoms with van der Waals surface area (Å²) in [7, 11) is -6.26. The van der Waals surface area contributed by atoms with E-state index in [-0.39, 0.29) is 23.1 Å². The van der Waals surface area contributed by atoms with Gasteiger partial charge in [-0.1, -0.05) is 44.5 Å².